The summed E-state index contributed by atoms with van der Waals surface area (Å²) in [6.07, 6.45) is 2.41. The molecule has 1 aromatic carbocycles. The minimum Gasteiger partial charge on any atom is -0.478 e. The van der Waals surface area contributed by atoms with Crippen molar-refractivity contribution in [3.05, 3.63) is 35.4 Å². The van der Waals surface area contributed by atoms with Crippen LogP contribution in [0.15, 0.2) is 24.3 Å². The molecule has 0 aliphatic heterocycles. The average Bonchev–Trinajstić information content (AvgIpc) is 2.16. The van der Waals surface area contributed by atoms with Gasteiger partial charge in [0.15, 0.2) is 0 Å². The molecular formula is C10H8N2O2. The first kappa shape index (κ1) is 9.81. The van der Waals surface area contributed by atoms with Gasteiger partial charge in [-0.3, -0.25) is 0 Å². The molecule has 1 rings (SSSR count). The number of anilines is 1. The van der Waals surface area contributed by atoms with Gasteiger partial charge in [-0.1, -0.05) is 6.07 Å². The minimum atomic E-state index is -1.03. The summed E-state index contributed by atoms with van der Waals surface area (Å²) in [5.41, 5.74) is 6.86. The number of hydrogen-bond acceptors (Lipinski definition) is 3. The number of nitriles is 1. The molecule has 3 N–H and O–H groups in total. The van der Waals surface area contributed by atoms with Crippen molar-refractivity contribution in [3.63, 3.8) is 0 Å². The quantitative estimate of drug-likeness (QED) is 0.540. The molecule has 0 saturated carbocycles. The third kappa shape index (κ3) is 2.35. The summed E-state index contributed by atoms with van der Waals surface area (Å²) >= 11 is 0. The van der Waals surface area contributed by atoms with Crippen LogP contribution < -0.4 is 5.73 Å². The van der Waals surface area contributed by atoms with Crippen LogP contribution in [0.3, 0.4) is 0 Å². The molecule has 1 aromatic rings. The summed E-state index contributed by atoms with van der Waals surface area (Å²) in [4.78, 5) is 10.2. The normalized spacial score (nSPS) is 9.93. The van der Waals surface area contributed by atoms with Gasteiger partial charge in [0.1, 0.15) is 6.07 Å². The topological polar surface area (TPSA) is 87.1 Å². The van der Waals surface area contributed by atoms with Crippen molar-refractivity contribution >= 4 is 17.7 Å². The lowest BCUT2D eigenvalue weighted by Crippen LogP contribution is -1.91. The Morgan fingerprint density at radius 2 is 2.29 bits per heavy atom. The number of benzene rings is 1. The highest BCUT2D eigenvalue weighted by Gasteiger charge is 1.97. The minimum absolute atomic E-state index is 0.345. The molecule has 0 amide bonds. The van der Waals surface area contributed by atoms with E-state index in [0.29, 0.717) is 16.8 Å². The summed E-state index contributed by atoms with van der Waals surface area (Å²) in [5.74, 6) is -1.03. The van der Waals surface area contributed by atoms with E-state index in [1.807, 2.05) is 6.07 Å². The van der Waals surface area contributed by atoms with Gasteiger partial charge in [0, 0.05) is 11.8 Å². The molecular weight excluding hydrogens is 180 g/mol. The molecule has 0 bridgehead atoms. The number of carboxylic acid groups (broad SMARTS) is 1. The van der Waals surface area contributed by atoms with Gasteiger partial charge in [-0.25, -0.2) is 4.79 Å². The molecule has 0 atom stereocenters. The molecule has 0 aliphatic carbocycles. The van der Waals surface area contributed by atoms with E-state index in [1.54, 1.807) is 12.1 Å². The highest BCUT2D eigenvalue weighted by atomic mass is 16.4. The molecule has 0 heterocycles. The summed E-state index contributed by atoms with van der Waals surface area (Å²) < 4.78 is 0. The Bertz CT molecular complexity index is 430. The number of nitrogen functional groups attached to an aromatic ring is 1. The third-order valence-electron chi connectivity index (χ3n) is 1.62. The molecule has 4 heteroatoms. The first-order valence-electron chi connectivity index (χ1n) is 3.84. The molecule has 0 fully saturated rings. The number of carbonyl (C=O) groups is 1. The van der Waals surface area contributed by atoms with Crippen molar-refractivity contribution in [3.8, 4) is 6.07 Å². The third-order valence-corrected chi connectivity index (χ3v) is 1.62. The Morgan fingerprint density at radius 1 is 1.57 bits per heavy atom. The number of hydrogen-bond donors (Lipinski definition) is 2. The van der Waals surface area contributed by atoms with E-state index in [2.05, 4.69) is 0 Å². The second-order valence-corrected chi connectivity index (χ2v) is 2.63. The number of carboxylic acids is 1. The molecule has 0 unspecified atom stereocenters. The maximum atomic E-state index is 10.2. The van der Waals surface area contributed by atoms with Crippen molar-refractivity contribution < 1.29 is 9.90 Å². The monoisotopic (exact) mass is 188 g/mol. The van der Waals surface area contributed by atoms with Crippen LogP contribution in [0.1, 0.15) is 11.1 Å². The van der Waals surface area contributed by atoms with E-state index in [0.717, 1.165) is 6.08 Å². The molecule has 0 spiro atoms. The van der Waals surface area contributed by atoms with Crippen molar-refractivity contribution in [1.82, 2.24) is 0 Å². The Morgan fingerprint density at radius 3 is 2.86 bits per heavy atom. The summed E-state index contributed by atoms with van der Waals surface area (Å²) in [6.45, 7) is 0. The molecule has 4 nitrogen and oxygen atoms in total. The Hall–Kier alpha value is -2.28. The Kier molecular flexibility index (Phi) is 2.87. The zero-order chi connectivity index (χ0) is 10.6. The van der Waals surface area contributed by atoms with Gasteiger partial charge >= 0.3 is 5.97 Å². The fourth-order valence-electron chi connectivity index (χ4n) is 0.942. The van der Waals surface area contributed by atoms with Crippen LogP contribution in [0, 0.1) is 11.3 Å². The van der Waals surface area contributed by atoms with E-state index in [4.69, 9.17) is 16.1 Å². The van der Waals surface area contributed by atoms with Gasteiger partial charge in [-0.15, -0.1) is 0 Å². The molecule has 0 aromatic heterocycles. The molecule has 0 saturated heterocycles. The first-order chi connectivity index (χ1) is 6.63. The summed E-state index contributed by atoms with van der Waals surface area (Å²) in [5, 5.41) is 17.0. The van der Waals surface area contributed by atoms with Gasteiger partial charge in [-0.2, -0.15) is 5.26 Å². The van der Waals surface area contributed by atoms with E-state index < -0.39 is 5.97 Å². The lowest BCUT2D eigenvalue weighted by atomic mass is 10.1. The molecule has 70 valence electrons. The van der Waals surface area contributed by atoms with Crippen molar-refractivity contribution in [2.45, 2.75) is 0 Å². The van der Waals surface area contributed by atoms with Crippen molar-refractivity contribution in [2.24, 2.45) is 0 Å². The largest absolute Gasteiger partial charge is 0.478 e. The highest BCUT2D eigenvalue weighted by Crippen LogP contribution is 2.13. The maximum Gasteiger partial charge on any atom is 0.328 e. The van der Waals surface area contributed by atoms with Crippen molar-refractivity contribution in [1.29, 1.82) is 5.26 Å². The van der Waals surface area contributed by atoms with Crippen LogP contribution in [-0.4, -0.2) is 11.1 Å². The lowest BCUT2D eigenvalue weighted by molar-refractivity contribution is -0.131. The van der Waals surface area contributed by atoms with E-state index in [-0.39, 0.29) is 0 Å². The van der Waals surface area contributed by atoms with Crippen LogP contribution in [-0.2, 0) is 4.79 Å². The Labute approximate surface area is 80.9 Å². The Balaban J connectivity index is 3.03. The molecule has 0 radical (unpaired) electrons. The highest BCUT2D eigenvalue weighted by molar-refractivity contribution is 5.85. The lowest BCUT2D eigenvalue weighted by Gasteiger charge is -1.97. The van der Waals surface area contributed by atoms with Crippen LogP contribution in [0.4, 0.5) is 5.69 Å². The van der Waals surface area contributed by atoms with Crippen LogP contribution in [0.2, 0.25) is 0 Å². The fourth-order valence-corrected chi connectivity index (χ4v) is 0.942. The van der Waals surface area contributed by atoms with E-state index >= 15 is 0 Å². The smallest absolute Gasteiger partial charge is 0.328 e. The number of nitrogens with two attached hydrogens (primary N) is 1. The van der Waals surface area contributed by atoms with Crippen LogP contribution in [0.25, 0.3) is 6.08 Å². The first-order valence-corrected chi connectivity index (χ1v) is 3.84. The second-order valence-electron chi connectivity index (χ2n) is 2.63. The zero-order valence-electron chi connectivity index (χ0n) is 7.27. The molecule has 14 heavy (non-hydrogen) atoms. The number of rotatable bonds is 2. The van der Waals surface area contributed by atoms with Crippen molar-refractivity contribution in [2.75, 3.05) is 5.73 Å². The van der Waals surface area contributed by atoms with E-state index in [9.17, 15) is 4.79 Å². The van der Waals surface area contributed by atoms with Crippen LogP contribution in [0.5, 0.6) is 0 Å². The number of aliphatic carboxylic acids is 1. The van der Waals surface area contributed by atoms with Gasteiger partial charge in [0.2, 0.25) is 0 Å². The predicted octanol–water partition coefficient (Wildman–Crippen LogP) is 1.24. The SMILES string of the molecule is N#Cc1cc(C=CC(=O)O)ccc1N. The van der Waals surface area contributed by atoms with Gasteiger partial charge in [0.25, 0.3) is 0 Å². The summed E-state index contributed by atoms with van der Waals surface area (Å²) in [6, 6.07) is 6.67. The maximum absolute atomic E-state index is 10.2. The van der Waals surface area contributed by atoms with Gasteiger partial charge < -0.3 is 10.8 Å². The fraction of sp³-hybridized carbons (Fsp3) is 0. The second kappa shape index (κ2) is 4.10. The summed E-state index contributed by atoms with van der Waals surface area (Å²) in [7, 11) is 0. The van der Waals surface area contributed by atoms with Gasteiger partial charge in [-0.05, 0) is 23.8 Å². The van der Waals surface area contributed by atoms with Gasteiger partial charge in [0.05, 0.1) is 5.56 Å². The molecule has 0 aliphatic rings. The number of nitrogens with zero attached hydrogens (tertiary/aromatic N) is 1. The predicted molar refractivity (Wildman–Crippen MR) is 52.2 cm³/mol. The standard InChI is InChI=1S/C10H8N2O2/c11-6-8-5-7(1-3-9(8)12)2-4-10(13)14/h1-5H,12H2,(H,13,14). The van der Waals surface area contributed by atoms with E-state index in [1.165, 1.54) is 12.1 Å². The average molecular weight is 188 g/mol. The zero-order valence-corrected chi connectivity index (χ0v) is 7.27. The van der Waals surface area contributed by atoms with Crippen LogP contribution >= 0.6 is 0 Å².